The van der Waals surface area contributed by atoms with Gasteiger partial charge in [0.2, 0.25) is 0 Å². The average molecular weight is 270 g/mol. The van der Waals surface area contributed by atoms with E-state index in [1.54, 1.807) is 24.3 Å². The van der Waals surface area contributed by atoms with Crippen molar-refractivity contribution in [2.45, 2.75) is 6.61 Å². The first-order valence-corrected chi connectivity index (χ1v) is 5.70. The molecule has 0 aromatic heterocycles. The van der Waals surface area contributed by atoms with Gasteiger partial charge in [-0.25, -0.2) is 0 Å². The van der Waals surface area contributed by atoms with Crippen molar-refractivity contribution in [2.75, 3.05) is 0 Å². The minimum atomic E-state index is -0.569. The maximum atomic E-state index is 10.6. The van der Waals surface area contributed by atoms with Gasteiger partial charge in [-0.15, -0.1) is 0 Å². The zero-order valence-corrected chi connectivity index (χ0v) is 10.3. The Kier molecular flexibility index (Phi) is 3.93. The highest BCUT2D eigenvalue weighted by molar-refractivity contribution is 5.51. The molecule has 0 atom stereocenters. The lowest BCUT2D eigenvalue weighted by Crippen LogP contribution is -1.92. The number of hydrogen-bond donors (Lipinski definition) is 1. The van der Waals surface area contributed by atoms with Gasteiger partial charge in [0.1, 0.15) is 23.1 Å². The molecule has 20 heavy (non-hydrogen) atoms. The van der Waals surface area contributed by atoms with E-state index in [1.165, 1.54) is 12.1 Å². The van der Waals surface area contributed by atoms with Crippen molar-refractivity contribution in [1.29, 1.82) is 5.26 Å². The molecule has 0 aliphatic heterocycles. The average Bonchev–Trinajstić information content (AvgIpc) is 2.48. The summed E-state index contributed by atoms with van der Waals surface area (Å²) >= 11 is 0. The van der Waals surface area contributed by atoms with Crippen molar-refractivity contribution in [2.24, 2.45) is 0 Å². The lowest BCUT2D eigenvalue weighted by molar-refractivity contribution is -0.384. The molecule has 1 N–H and O–H groups in total. The van der Waals surface area contributed by atoms with Crippen molar-refractivity contribution >= 4 is 5.69 Å². The molecular formula is C14H10N2O4. The van der Waals surface area contributed by atoms with Gasteiger partial charge < -0.3 is 9.84 Å². The van der Waals surface area contributed by atoms with Crippen molar-refractivity contribution in [3.05, 3.63) is 63.7 Å². The maximum Gasteiger partial charge on any atom is 0.271 e. The van der Waals surface area contributed by atoms with Gasteiger partial charge in [0, 0.05) is 12.1 Å². The SMILES string of the molecule is N#Cc1cc([N+](=O)[O-])ccc1Oc1ccc(CO)cc1. The van der Waals surface area contributed by atoms with Crippen LogP contribution < -0.4 is 4.74 Å². The number of ether oxygens (including phenoxy) is 1. The Labute approximate surface area is 114 Å². The molecule has 0 radical (unpaired) electrons. The summed E-state index contributed by atoms with van der Waals surface area (Å²) < 4.78 is 5.51. The van der Waals surface area contributed by atoms with Crippen LogP contribution in [-0.4, -0.2) is 10.0 Å². The topological polar surface area (TPSA) is 96.4 Å². The predicted octanol–water partition coefficient (Wildman–Crippen LogP) is 2.75. The Morgan fingerprint density at radius 2 is 1.95 bits per heavy atom. The van der Waals surface area contributed by atoms with E-state index in [-0.39, 0.29) is 23.6 Å². The molecule has 0 saturated carbocycles. The van der Waals surface area contributed by atoms with E-state index >= 15 is 0 Å². The molecule has 6 nitrogen and oxygen atoms in total. The highest BCUT2D eigenvalue weighted by Crippen LogP contribution is 2.28. The fraction of sp³-hybridized carbons (Fsp3) is 0.0714. The van der Waals surface area contributed by atoms with E-state index in [2.05, 4.69) is 0 Å². The van der Waals surface area contributed by atoms with E-state index in [0.29, 0.717) is 5.75 Å². The summed E-state index contributed by atoms with van der Waals surface area (Å²) in [7, 11) is 0. The predicted molar refractivity (Wildman–Crippen MR) is 70.3 cm³/mol. The van der Waals surface area contributed by atoms with Gasteiger partial charge in [0.05, 0.1) is 11.5 Å². The lowest BCUT2D eigenvalue weighted by Gasteiger charge is -2.07. The van der Waals surface area contributed by atoms with Crippen LogP contribution >= 0.6 is 0 Å². The van der Waals surface area contributed by atoms with Crippen LogP contribution in [0.5, 0.6) is 11.5 Å². The first-order chi connectivity index (χ1) is 9.63. The van der Waals surface area contributed by atoms with Crippen LogP contribution in [0.4, 0.5) is 5.69 Å². The number of nitriles is 1. The number of benzene rings is 2. The third-order valence-electron chi connectivity index (χ3n) is 2.63. The highest BCUT2D eigenvalue weighted by Gasteiger charge is 2.12. The Hall–Kier alpha value is -2.91. The first-order valence-electron chi connectivity index (χ1n) is 5.70. The van der Waals surface area contributed by atoms with Gasteiger partial charge in [-0.1, -0.05) is 12.1 Å². The number of rotatable bonds is 4. The summed E-state index contributed by atoms with van der Waals surface area (Å²) in [4.78, 5) is 10.1. The minimum Gasteiger partial charge on any atom is -0.456 e. The van der Waals surface area contributed by atoms with Gasteiger partial charge in [0.15, 0.2) is 0 Å². The van der Waals surface area contributed by atoms with Crippen LogP contribution in [0.15, 0.2) is 42.5 Å². The number of aliphatic hydroxyl groups is 1. The zero-order valence-electron chi connectivity index (χ0n) is 10.3. The maximum absolute atomic E-state index is 10.6. The summed E-state index contributed by atoms with van der Waals surface area (Å²) in [6, 6.07) is 12.4. The van der Waals surface area contributed by atoms with Crippen molar-refractivity contribution < 1.29 is 14.8 Å². The van der Waals surface area contributed by atoms with Gasteiger partial charge in [-0.3, -0.25) is 10.1 Å². The number of non-ortho nitro benzene ring substituents is 1. The van der Waals surface area contributed by atoms with Crippen LogP contribution in [0.25, 0.3) is 0 Å². The van der Waals surface area contributed by atoms with E-state index in [4.69, 9.17) is 15.1 Å². The fourth-order valence-corrected chi connectivity index (χ4v) is 1.60. The Morgan fingerprint density at radius 3 is 2.50 bits per heavy atom. The fourth-order valence-electron chi connectivity index (χ4n) is 1.60. The number of nitro benzene ring substituents is 1. The summed E-state index contributed by atoms with van der Waals surface area (Å²) in [5.41, 5.74) is 0.663. The molecule has 100 valence electrons. The van der Waals surface area contributed by atoms with Gasteiger partial charge >= 0.3 is 0 Å². The Balaban J connectivity index is 2.28. The number of nitro groups is 1. The zero-order chi connectivity index (χ0) is 14.5. The molecule has 0 amide bonds. The van der Waals surface area contributed by atoms with Crippen LogP contribution in [0.3, 0.4) is 0 Å². The van der Waals surface area contributed by atoms with E-state index in [1.807, 2.05) is 6.07 Å². The molecule has 0 spiro atoms. The van der Waals surface area contributed by atoms with Crippen molar-refractivity contribution in [3.63, 3.8) is 0 Å². The second-order valence-corrected chi connectivity index (χ2v) is 3.95. The van der Waals surface area contributed by atoms with E-state index < -0.39 is 4.92 Å². The summed E-state index contributed by atoms with van der Waals surface area (Å²) in [6.07, 6.45) is 0. The standard InChI is InChI=1S/C14H10N2O4/c15-8-11-7-12(16(18)19)3-6-14(11)20-13-4-1-10(9-17)2-5-13/h1-7,17H,9H2. The summed E-state index contributed by atoms with van der Waals surface area (Å²) in [5.74, 6) is 0.724. The van der Waals surface area contributed by atoms with Crippen molar-refractivity contribution in [1.82, 2.24) is 0 Å². The number of nitrogens with zero attached hydrogens (tertiary/aromatic N) is 2. The summed E-state index contributed by atoms with van der Waals surface area (Å²) in [6.45, 7) is -0.0682. The van der Waals surface area contributed by atoms with Gasteiger partial charge in [-0.05, 0) is 23.8 Å². The smallest absolute Gasteiger partial charge is 0.271 e. The van der Waals surface area contributed by atoms with Crippen LogP contribution in [0.1, 0.15) is 11.1 Å². The highest BCUT2D eigenvalue weighted by atomic mass is 16.6. The summed E-state index contributed by atoms with van der Waals surface area (Å²) in [5, 5.41) is 28.6. The Morgan fingerprint density at radius 1 is 1.25 bits per heavy atom. The molecule has 0 heterocycles. The lowest BCUT2D eigenvalue weighted by atomic mass is 10.2. The molecule has 0 bridgehead atoms. The number of aliphatic hydroxyl groups excluding tert-OH is 1. The van der Waals surface area contributed by atoms with Crippen LogP contribution in [0.2, 0.25) is 0 Å². The molecule has 0 aliphatic carbocycles. The first kappa shape index (κ1) is 13.5. The molecule has 6 heteroatoms. The third kappa shape index (κ3) is 2.91. The second-order valence-electron chi connectivity index (χ2n) is 3.95. The molecular weight excluding hydrogens is 260 g/mol. The minimum absolute atomic E-state index is 0.0682. The number of hydrogen-bond acceptors (Lipinski definition) is 5. The molecule has 0 fully saturated rings. The second kappa shape index (κ2) is 5.82. The molecule has 0 unspecified atom stereocenters. The molecule has 2 aromatic carbocycles. The molecule has 2 rings (SSSR count). The van der Waals surface area contributed by atoms with Crippen molar-refractivity contribution in [3.8, 4) is 17.6 Å². The monoisotopic (exact) mass is 270 g/mol. The largest absolute Gasteiger partial charge is 0.456 e. The van der Waals surface area contributed by atoms with Crippen LogP contribution in [-0.2, 0) is 6.61 Å². The third-order valence-corrected chi connectivity index (χ3v) is 2.63. The van der Waals surface area contributed by atoms with Gasteiger partial charge in [-0.2, -0.15) is 5.26 Å². The van der Waals surface area contributed by atoms with E-state index in [9.17, 15) is 10.1 Å². The van der Waals surface area contributed by atoms with Crippen LogP contribution in [0, 0.1) is 21.4 Å². The molecule has 0 saturated heterocycles. The normalized spacial score (nSPS) is 9.80. The molecule has 0 aliphatic rings. The quantitative estimate of drug-likeness (QED) is 0.680. The Bertz CT molecular complexity index is 675. The van der Waals surface area contributed by atoms with Gasteiger partial charge in [0.25, 0.3) is 5.69 Å². The van der Waals surface area contributed by atoms with E-state index in [0.717, 1.165) is 11.6 Å². The molecule has 2 aromatic rings.